The van der Waals surface area contributed by atoms with Gasteiger partial charge in [0.25, 0.3) is 5.56 Å². The molecular formula is C24H31N7O. The summed E-state index contributed by atoms with van der Waals surface area (Å²) in [6.07, 6.45) is 3.21. The molecule has 5 rings (SSSR count). The number of para-hydroxylation sites is 1. The Morgan fingerprint density at radius 1 is 1.12 bits per heavy atom. The van der Waals surface area contributed by atoms with Gasteiger partial charge in [-0.1, -0.05) is 24.3 Å². The normalized spacial score (nSPS) is 21.4. The van der Waals surface area contributed by atoms with Crippen LogP contribution in [-0.2, 0) is 0 Å². The van der Waals surface area contributed by atoms with Crippen molar-refractivity contribution in [2.45, 2.75) is 31.3 Å². The Bertz CT molecular complexity index is 1150. The molecule has 2 aliphatic rings. The topological polar surface area (TPSA) is 89.2 Å². The summed E-state index contributed by atoms with van der Waals surface area (Å²) in [6.45, 7) is 3.63. The Kier molecular flexibility index (Phi) is 5.80. The molecule has 2 aromatic heterocycles. The lowest BCUT2D eigenvalue weighted by atomic mass is 10.1. The molecule has 1 aromatic carbocycles. The molecule has 3 aromatic rings. The maximum atomic E-state index is 13.4. The molecule has 2 aliphatic heterocycles. The van der Waals surface area contributed by atoms with E-state index in [-0.39, 0.29) is 11.6 Å². The van der Waals surface area contributed by atoms with Crippen LogP contribution in [0.25, 0.3) is 22.2 Å². The van der Waals surface area contributed by atoms with E-state index in [4.69, 9.17) is 9.97 Å². The van der Waals surface area contributed by atoms with Crippen molar-refractivity contribution in [3.63, 3.8) is 0 Å². The van der Waals surface area contributed by atoms with E-state index in [1.165, 1.54) is 0 Å². The van der Waals surface area contributed by atoms with Crippen molar-refractivity contribution < 1.29 is 0 Å². The molecule has 2 atom stereocenters. The molecule has 2 saturated heterocycles. The first-order chi connectivity index (χ1) is 15.6. The van der Waals surface area contributed by atoms with Crippen LogP contribution in [0.4, 0.5) is 11.8 Å². The molecule has 0 aliphatic carbocycles. The van der Waals surface area contributed by atoms with Crippen molar-refractivity contribution in [1.29, 1.82) is 0 Å². The second-order valence-electron chi connectivity index (χ2n) is 9.04. The molecule has 3 N–H and O–H groups in total. The Hall–Kier alpha value is -2.97. The summed E-state index contributed by atoms with van der Waals surface area (Å²) in [5.41, 5.74) is 1.86. The maximum absolute atomic E-state index is 13.4. The van der Waals surface area contributed by atoms with E-state index >= 15 is 0 Å². The quantitative estimate of drug-likeness (QED) is 0.569. The third kappa shape index (κ3) is 4.20. The Morgan fingerprint density at radius 2 is 2.00 bits per heavy atom. The molecule has 8 heteroatoms. The van der Waals surface area contributed by atoms with E-state index in [2.05, 4.69) is 39.5 Å². The highest BCUT2D eigenvalue weighted by atomic mass is 16.1. The number of H-pyrrole nitrogens is 1. The number of hydrogen-bond donors (Lipinski definition) is 3. The number of hydrogen-bond acceptors (Lipinski definition) is 7. The van der Waals surface area contributed by atoms with Crippen LogP contribution in [0.5, 0.6) is 0 Å². The van der Waals surface area contributed by atoms with Gasteiger partial charge in [-0.05, 0) is 52.0 Å². The summed E-state index contributed by atoms with van der Waals surface area (Å²) in [4.78, 5) is 30.6. The number of piperidine rings is 1. The van der Waals surface area contributed by atoms with Gasteiger partial charge in [0.05, 0.1) is 11.2 Å². The molecule has 8 nitrogen and oxygen atoms in total. The van der Waals surface area contributed by atoms with Crippen LogP contribution in [0.15, 0.2) is 41.2 Å². The van der Waals surface area contributed by atoms with Crippen LogP contribution < -0.4 is 21.1 Å². The van der Waals surface area contributed by atoms with Gasteiger partial charge in [-0.2, -0.15) is 4.98 Å². The van der Waals surface area contributed by atoms with Crippen molar-refractivity contribution >= 4 is 22.7 Å². The summed E-state index contributed by atoms with van der Waals surface area (Å²) >= 11 is 0. The highest BCUT2D eigenvalue weighted by Crippen LogP contribution is 2.27. The minimum absolute atomic E-state index is 0.155. The number of likely N-dealkylation sites (N-methyl/N-ethyl adjacent to an activating group) is 1. The fourth-order valence-corrected chi connectivity index (χ4v) is 4.68. The molecule has 2 fully saturated rings. The van der Waals surface area contributed by atoms with E-state index in [9.17, 15) is 4.79 Å². The predicted molar refractivity (Wildman–Crippen MR) is 129 cm³/mol. The molecular weight excluding hydrogens is 402 g/mol. The number of rotatable bonds is 5. The minimum atomic E-state index is -0.155. The summed E-state index contributed by atoms with van der Waals surface area (Å²) in [5, 5.41) is 8.05. The average molecular weight is 434 g/mol. The average Bonchev–Trinajstić information content (AvgIpc) is 3.30. The molecule has 168 valence electrons. The smallest absolute Gasteiger partial charge is 0.263 e. The zero-order valence-corrected chi connectivity index (χ0v) is 18.8. The van der Waals surface area contributed by atoms with Crippen molar-refractivity contribution in [2.75, 3.05) is 50.5 Å². The van der Waals surface area contributed by atoms with Crippen LogP contribution in [0.2, 0.25) is 0 Å². The maximum Gasteiger partial charge on any atom is 0.263 e. The van der Waals surface area contributed by atoms with Gasteiger partial charge in [0.15, 0.2) is 0 Å². The first-order valence-corrected chi connectivity index (χ1v) is 11.5. The first-order valence-electron chi connectivity index (χ1n) is 11.5. The molecule has 4 heterocycles. The third-order valence-corrected chi connectivity index (χ3v) is 6.59. The molecule has 0 radical (unpaired) electrons. The monoisotopic (exact) mass is 433 g/mol. The lowest BCUT2D eigenvalue weighted by Crippen LogP contribution is -2.39. The highest BCUT2D eigenvalue weighted by Gasteiger charge is 2.27. The number of nitrogens with zero attached hydrogens (tertiary/aromatic N) is 4. The van der Waals surface area contributed by atoms with E-state index in [1.807, 2.05) is 36.4 Å². The number of fused-ring (bicyclic) bond motifs is 1. The SMILES string of the molecule is CN(C)[C@@H]1CCN(c2nc(N[C@@H]3CCCNC3)c(-c3ccc4ccccc4n3)c(=O)[nH]2)C1. The second kappa shape index (κ2) is 8.88. The van der Waals surface area contributed by atoms with Crippen LogP contribution in [-0.4, -0.2) is 72.2 Å². The van der Waals surface area contributed by atoms with Crippen molar-refractivity contribution in [3.05, 3.63) is 46.8 Å². The molecule has 0 spiro atoms. The zero-order valence-electron chi connectivity index (χ0n) is 18.8. The van der Waals surface area contributed by atoms with Crippen LogP contribution in [0, 0.1) is 0 Å². The Labute approximate surface area is 188 Å². The van der Waals surface area contributed by atoms with Gasteiger partial charge < -0.3 is 20.4 Å². The number of aromatic nitrogens is 3. The van der Waals surface area contributed by atoms with Gasteiger partial charge in [0.1, 0.15) is 11.4 Å². The van der Waals surface area contributed by atoms with Gasteiger partial charge in [0, 0.05) is 37.1 Å². The molecule has 32 heavy (non-hydrogen) atoms. The summed E-state index contributed by atoms with van der Waals surface area (Å²) in [5.74, 6) is 1.25. The lowest BCUT2D eigenvalue weighted by molar-refractivity contribution is 0.315. The zero-order chi connectivity index (χ0) is 22.1. The summed E-state index contributed by atoms with van der Waals surface area (Å²) < 4.78 is 0. The fourth-order valence-electron chi connectivity index (χ4n) is 4.68. The minimum Gasteiger partial charge on any atom is -0.365 e. The fraction of sp³-hybridized carbons (Fsp3) is 0.458. The van der Waals surface area contributed by atoms with Crippen molar-refractivity contribution in [3.8, 4) is 11.3 Å². The van der Waals surface area contributed by atoms with Gasteiger partial charge >= 0.3 is 0 Å². The lowest BCUT2D eigenvalue weighted by Gasteiger charge is -2.26. The van der Waals surface area contributed by atoms with Gasteiger partial charge in [-0.25, -0.2) is 4.98 Å². The van der Waals surface area contributed by atoms with E-state index in [1.54, 1.807) is 0 Å². The van der Waals surface area contributed by atoms with Crippen molar-refractivity contribution in [2.24, 2.45) is 0 Å². The van der Waals surface area contributed by atoms with Crippen molar-refractivity contribution in [1.82, 2.24) is 25.2 Å². The van der Waals surface area contributed by atoms with Crippen LogP contribution in [0.3, 0.4) is 0 Å². The molecule has 0 bridgehead atoms. The second-order valence-corrected chi connectivity index (χ2v) is 9.04. The predicted octanol–water partition coefficient (Wildman–Crippen LogP) is 2.29. The Balaban J connectivity index is 1.55. The summed E-state index contributed by atoms with van der Waals surface area (Å²) in [6, 6.07) is 12.6. The first kappa shape index (κ1) is 20.9. The van der Waals surface area contributed by atoms with Gasteiger partial charge in [-0.3, -0.25) is 9.78 Å². The van der Waals surface area contributed by atoms with Gasteiger partial charge in [-0.15, -0.1) is 0 Å². The molecule has 0 saturated carbocycles. The van der Waals surface area contributed by atoms with Gasteiger partial charge in [0.2, 0.25) is 5.95 Å². The largest absolute Gasteiger partial charge is 0.365 e. The van der Waals surface area contributed by atoms with E-state index in [0.717, 1.165) is 56.3 Å². The van der Waals surface area contributed by atoms with Crippen LogP contribution >= 0.6 is 0 Å². The van der Waals surface area contributed by atoms with Crippen LogP contribution in [0.1, 0.15) is 19.3 Å². The van der Waals surface area contributed by atoms with E-state index in [0.29, 0.717) is 29.1 Å². The number of pyridine rings is 1. The molecule has 0 unspecified atom stereocenters. The summed E-state index contributed by atoms with van der Waals surface area (Å²) in [7, 11) is 4.20. The number of anilines is 2. The highest BCUT2D eigenvalue weighted by molar-refractivity contribution is 5.83. The molecule has 0 amide bonds. The van der Waals surface area contributed by atoms with E-state index < -0.39 is 0 Å². The standard InChI is InChI=1S/C24H31N7O/c1-30(2)18-11-13-31(15-18)24-28-22(26-17-7-5-12-25-14-17)21(23(32)29-24)20-10-9-16-6-3-4-8-19(16)27-20/h3-4,6,8-10,17-18,25H,5,7,11-15H2,1-2H3,(H2,26,28,29,32)/t17-,18-/m1/s1. The Morgan fingerprint density at radius 3 is 2.78 bits per heavy atom. The number of aromatic amines is 1. The number of nitrogens with one attached hydrogen (secondary N) is 3. The number of benzene rings is 1. The third-order valence-electron chi connectivity index (χ3n) is 6.59.